The van der Waals surface area contributed by atoms with E-state index in [1.807, 2.05) is 49.3 Å². The lowest BCUT2D eigenvalue weighted by Crippen LogP contribution is -2.21. The second kappa shape index (κ2) is 9.23. The minimum atomic E-state index is -4.35. The Kier molecular flexibility index (Phi) is 6.66. The van der Waals surface area contributed by atoms with E-state index in [1.165, 1.54) is 12.1 Å². The van der Waals surface area contributed by atoms with Crippen LogP contribution in [0.2, 0.25) is 0 Å². The zero-order valence-electron chi connectivity index (χ0n) is 16.8. The summed E-state index contributed by atoms with van der Waals surface area (Å²) in [6, 6.07) is 12.8. The van der Waals surface area contributed by atoms with Gasteiger partial charge in [-0.25, -0.2) is 4.89 Å². The van der Waals surface area contributed by atoms with Crippen molar-refractivity contribution in [1.29, 1.82) is 0 Å². The van der Waals surface area contributed by atoms with Gasteiger partial charge in [0.2, 0.25) is 0 Å². The van der Waals surface area contributed by atoms with Gasteiger partial charge in [-0.05, 0) is 48.0 Å². The molecule has 2 aromatic carbocycles. The van der Waals surface area contributed by atoms with Gasteiger partial charge in [0.15, 0.2) is 0 Å². The Balaban J connectivity index is 1.83. The normalized spacial score (nSPS) is 15.7. The highest BCUT2D eigenvalue weighted by Gasteiger charge is 2.31. The molecular weight excluding hydrogens is 422 g/mol. The maximum absolute atomic E-state index is 12.8. The average molecular weight is 443 g/mol. The van der Waals surface area contributed by atoms with Gasteiger partial charge in [-0.3, -0.25) is 14.6 Å². The summed E-state index contributed by atoms with van der Waals surface area (Å²) in [5, 5.41) is 14.1. The molecule has 1 amide bonds. The zero-order chi connectivity index (χ0) is 22.6. The van der Waals surface area contributed by atoms with Gasteiger partial charge in [-0.15, -0.1) is 0 Å². The number of hydrazone groups is 1. The second-order valence-corrected chi connectivity index (χ2v) is 8.25. The number of hydrogen-bond donors (Lipinski definition) is 2. The fraction of sp³-hybridized carbons (Fsp3) is 0.143. The Morgan fingerprint density at radius 2 is 1.74 bits per heavy atom. The van der Waals surface area contributed by atoms with Crippen LogP contribution >= 0.6 is 0 Å². The molecule has 0 radical (unpaired) electrons. The van der Waals surface area contributed by atoms with Crippen molar-refractivity contribution in [1.82, 2.24) is 0 Å². The quantitative estimate of drug-likeness (QED) is 0.292. The molecule has 1 aliphatic rings. The molecule has 2 N–H and O–H groups in total. The molecule has 1 heterocycles. The monoisotopic (exact) mass is 443 g/mol. The van der Waals surface area contributed by atoms with E-state index >= 15 is 0 Å². The Labute approximate surface area is 179 Å². The van der Waals surface area contributed by atoms with E-state index < -0.39 is 16.0 Å². The van der Waals surface area contributed by atoms with Crippen LogP contribution in [0.5, 0.6) is 0 Å². The van der Waals surface area contributed by atoms with Crippen LogP contribution in [0.4, 0.5) is 11.4 Å². The van der Waals surface area contributed by atoms with Crippen LogP contribution in [0.25, 0.3) is 6.08 Å². The van der Waals surface area contributed by atoms with Gasteiger partial charge in [0.25, 0.3) is 16.0 Å². The number of rotatable bonds is 7. The summed E-state index contributed by atoms with van der Waals surface area (Å²) in [4.78, 5) is 18.7. The van der Waals surface area contributed by atoms with Gasteiger partial charge < -0.3 is 4.90 Å². The third kappa shape index (κ3) is 5.25. The van der Waals surface area contributed by atoms with Crippen molar-refractivity contribution in [3.05, 3.63) is 71.8 Å². The van der Waals surface area contributed by atoms with Gasteiger partial charge in [0.1, 0.15) is 12.3 Å². The Morgan fingerprint density at radius 1 is 1.10 bits per heavy atom. The first-order valence-corrected chi connectivity index (χ1v) is 10.6. The number of carbonyl (C=O) groups is 1. The molecule has 9 nitrogen and oxygen atoms in total. The summed E-state index contributed by atoms with van der Waals surface area (Å²) in [6.07, 6.45) is 5.07. The lowest BCUT2D eigenvalue weighted by Gasteiger charge is -2.12. The van der Waals surface area contributed by atoms with Gasteiger partial charge in [0, 0.05) is 19.8 Å². The standard InChI is InChI=1S/C21H21N3O6S/c1-23(2)16-8-6-15(7-9-16)4-3-5-19-20(14-30-26)22-24(21(19)25)17-10-12-18(13-11-17)31(27,28)29/h3-13,26H,14H2,1-2H3,(H,27,28,29)/b4-3+,19-5-. The van der Waals surface area contributed by atoms with E-state index in [0.29, 0.717) is 5.69 Å². The first kappa shape index (κ1) is 22.4. The molecule has 0 aliphatic carbocycles. The number of anilines is 2. The molecule has 0 saturated heterocycles. The van der Waals surface area contributed by atoms with E-state index in [0.717, 1.165) is 28.4 Å². The third-order valence-electron chi connectivity index (χ3n) is 4.50. The van der Waals surface area contributed by atoms with Crippen molar-refractivity contribution in [2.75, 3.05) is 30.6 Å². The van der Waals surface area contributed by atoms with E-state index in [9.17, 15) is 13.2 Å². The average Bonchev–Trinajstić information content (AvgIpc) is 3.04. The molecule has 31 heavy (non-hydrogen) atoms. The molecule has 162 valence electrons. The zero-order valence-corrected chi connectivity index (χ0v) is 17.7. The SMILES string of the molecule is CN(C)c1ccc(/C=C/C=C2\C(=O)N(c3ccc(S(=O)(=O)O)cc3)N=C2COO)cc1. The maximum atomic E-state index is 12.8. The molecule has 0 fully saturated rings. The summed E-state index contributed by atoms with van der Waals surface area (Å²) in [5.41, 5.74) is 2.71. The molecule has 0 spiro atoms. The minimum Gasteiger partial charge on any atom is -0.378 e. The molecular formula is C21H21N3O6S. The van der Waals surface area contributed by atoms with E-state index in [4.69, 9.17) is 9.81 Å². The largest absolute Gasteiger partial charge is 0.378 e. The van der Waals surface area contributed by atoms with Crippen LogP contribution in [-0.4, -0.2) is 50.5 Å². The maximum Gasteiger partial charge on any atom is 0.294 e. The highest BCUT2D eigenvalue weighted by atomic mass is 32.2. The van der Waals surface area contributed by atoms with Crippen LogP contribution in [0.3, 0.4) is 0 Å². The highest BCUT2D eigenvalue weighted by Crippen LogP contribution is 2.25. The Morgan fingerprint density at radius 3 is 2.29 bits per heavy atom. The van der Waals surface area contributed by atoms with Crippen LogP contribution in [0.15, 0.2) is 76.3 Å². The number of carbonyl (C=O) groups excluding carboxylic acids is 1. The van der Waals surface area contributed by atoms with Crippen molar-refractivity contribution in [3.8, 4) is 0 Å². The summed E-state index contributed by atoms with van der Waals surface area (Å²) in [7, 11) is -0.445. The molecule has 0 aromatic heterocycles. The van der Waals surface area contributed by atoms with Gasteiger partial charge >= 0.3 is 0 Å². The second-order valence-electron chi connectivity index (χ2n) is 6.83. The van der Waals surface area contributed by atoms with E-state index in [-0.39, 0.29) is 22.8 Å². The van der Waals surface area contributed by atoms with Gasteiger partial charge in [-0.2, -0.15) is 18.5 Å². The predicted octanol–water partition coefficient (Wildman–Crippen LogP) is 2.83. The Hall–Kier alpha value is -3.31. The number of hydrogen-bond acceptors (Lipinski definition) is 7. The summed E-state index contributed by atoms with van der Waals surface area (Å²) in [6.45, 7) is -0.303. The molecule has 0 unspecified atom stereocenters. The predicted molar refractivity (Wildman–Crippen MR) is 118 cm³/mol. The minimum absolute atomic E-state index is 0.207. The molecule has 1 aliphatic heterocycles. The lowest BCUT2D eigenvalue weighted by molar-refractivity contribution is -0.227. The van der Waals surface area contributed by atoms with Crippen molar-refractivity contribution in [3.63, 3.8) is 0 Å². The molecule has 2 aromatic rings. The van der Waals surface area contributed by atoms with Crippen LogP contribution < -0.4 is 9.91 Å². The molecule has 0 saturated carbocycles. The summed E-state index contributed by atoms with van der Waals surface area (Å²) < 4.78 is 31.5. The molecule has 10 heteroatoms. The van der Waals surface area contributed by atoms with Crippen molar-refractivity contribution in [2.24, 2.45) is 5.10 Å². The lowest BCUT2D eigenvalue weighted by atomic mass is 10.1. The van der Waals surface area contributed by atoms with Crippen molar-refractivity contribution in [2.45, 2.75) is 4.90 Å². The smallest absolute Gasteiger partial charge is 0.294 e. The third-order valence-corrected chi connectivity index (χ3v) is 5.36. The van der Waals surface area contributed by atoms with E-state index in [1.54, 1.807) is 12.2 Å². The molecule has 0 atom stereocenters. The number of allylic oxidation sites excluding steroid dienone is 2. The van der Waals surface area contributed by atoms with E-state index in [2.05, 4.69) is 9.99 Å². The van der Waals surface area contributed by atoms with Crippen LogP contribution in [0, 0.1) is 0 Å². The first-order valence-electron chi connectivity index (χ1n) is 9.12. The number of amides is 1. The first-order chi connectivity index (χ1) is 14.7. The van der Waals surface area contributed by atoms with Crippen molar-refractivity contribution < 1.29 is 27.9 Å². The number of benzene rings is 2. The van der Waals surface area contributed by atoms with Gasteiger partial charge in [-0.1, -0.05) is 24.3 Å². The van der Waals surface area contributed by atoms with Gasteiger partial charge in [0.05, 0.1) is 16.2 Å². The Bertz CT molecular complexity index is 1150. The summed E-state index contributed by atoms with van der Waals surface area (Å²) >= 11 is 0. The van der Waals surface area contributed by atoms with Crippen molar-refractivity contribution >= 4 is 39.2 Å². The van der Waals surface area contributed by atoms with Crippen LogP contribution in [0.1, 0.15) is 5.56 Å². The molecule has 0 bridgehead atoms. The van der Waals surface area contributed by atoms with Crippen LogP contribution in [-0.2, 0) is 19.8 Å². The fourth-order valence-corrected chi connectivity index (χ4v) is 3.35. The fourth-order valence-electron chi connectivity index (χ4n) is 2.87. The number of nitrogens with zero attached hydrogens (tertiary/aromatic N) is 3. The highest BCUT2D eigenvalue weighted by molar-refractivity contribution is 7.85. The summed E-state index contributed by atoms with van der Waals surface area (Å²) in [5.74, 6) is -0.473. The molecule has 3 rings (SSSR count). The topological polar surface area (TPSA) is 120 Å².